The molecule has 6 aromatic rings. The van der Waals surface area contributed by atoms with Crippen LogP contribution in [-0.2, 0) is 6.54 Å². The molecule has 3 aromatic heterocycles. The van der Waals surface area contributed by atoms with E-state index in [0.717, 1.165) is 22.3 Å². The summed E-state index contributed by atoms with van der Waals surface area (Å²) in [7, 11) is 0. The minimum Gasteiger partial charge on any atom is -0.294 e. The normalized spacial score (nSPS) is 11.6. The third-order valence-electron chi connectivity index (χ3n) is 5.91. The number of hydrogen-bond acceptors (Lipinski definition) is 4. The van der Waals surface area contributed by atoms with Gasteiger partial charge in [-0.2, -0.15) is 0 Å². The first-order chi connectivity index (χ1) is 16.5. The molecule has 0 aliphatic rings. The molecule has 3 heterocycles. The van der Waals surface area contributed by atoms with E-state index in [4.69, 9.17) is 38.2 Å². The lowest BCUT2D eigenvalue weighted by Crippen LogP contribution is -2.21. The summed E-state index contributed by atoms with van der Waals surface area (Å²) < 4.78 is 3.45. The van der Waals surface area contributed by atoms with Gasteiger partial charge in [-0.25, -0.2) is 15.0 Å². The topological polar surface area (TPSA) is 65.6 Å². The van der Waals surface area contributed by atoms with Gasteiger partial charge in [0.15, 0.2) is 11.3 Å². The average molecular weight is 486 g/mol. The quantitative estimate of drug-likeness (QED) is 0.310. The summed E-state index contributed by atoms with van der Waals surface area (Å²) in [6.07, 6.45) is 1.56. The molecule has 0 radical (unpaired) electrons. The predicted octanol–water partition coefficient (Wildman–Crippen LogP) is 5.95. The summed E-state index contributed by atoms with van der Waals surface area (Å²) in [4.78, 5) is 28.2. The molecule has 0 N–H and O–H groups in total. The van der Waals surface area contributed by atoms with Gasteiger partial charge in [0.25, 0.3) is 5.56 Å². The minimum atomic E-state index is -0.187. The van der Waals surface area contributed by atoms with Crippen LogP contribution in [0.2, 0.25) is 10.0 Å². The zero-order chi connectivity index (χ0) is 23.4. The van der Waals surface area contributed by atoms with Crippen LogP contribution in [0.3, 0.4) is 0 Å². The van der Waals surface area contributed by atoms with Crippen molar-refractivity contribution in [3.8, 4) is 5.69 Å². The zero-order valence-corrected chi connectivity index (χ0v) is 19.5. The number of aryl methyl sites for hydroxylation is 1. The highest BCUT2D eigenvalue weighted by molar-refractivity contribution is 6.31. The third-order valence-corrected chi connectivity index (χ3v) is 6.40. The molecule has 166 valence electrons. The first-order valence-electron chi connectivity index (χ1n) is 10.7. The Balaban J connectivity index is 1.70. The first-order valence-corrected chi connectivity index (χ1v) is 11.4. The number of hydrogen-bond donors (Lipinski definition) is 0. The highest BCUT2D eigenvalue weighted by Gasteiger charge is 2.22. The molecule has 0 aliphatic heterocycles. The highest BCUT2D eigenvalue weighted by Crippen LogP contribution is 2.30. The SMILES string of the molecule is Cc1ccc(Cl)cc1-n1c2nc3ccccc3nc2c2c(=O)n(Cc3ccc(Cl)cc3)cnc21. The number of rotatable bonds is 3. The van der Waals surface area contributed by atoms with Crippen molar-refractivity contribution < 1.29 is 0 Å². The van der Waals surface area contributed by atoms with Crippen molar-refractivity contribution in [1.29, 1.82) is 0 Å². The van der Waals surface area contributed by atoms with E-state index in [1.54, 1.807) is 23.0 Å². The maximum Gasteiger partial charge on any atom is 0.265 e. The molecule has 6 nitrogen and oxygen atoms in total. The monoisotopic (exact) mass is 485 g/mol. The Morgan fingerprint density at radius 3 is 2.32 bits per heavy atom. The molecule has 0 atom stereocenters. The summed E-state index contributed by atoms with van der Waals surface area (Å²) in [6, 6.07) is 20.6. The number of fused-ring (bicyclic) bond motifs is 4. The van der Waals surface area contributed by atoms with E-state index in [0.29, 0.717) is 44.3 Å². The molecule has 0 saturated heterocycles. The maximum atomic E-state index is 13.7. The number of aromatic nitrogens is 5. The van der Waals surface area contributed by atoms with Crippen molar-refractivity contribution >= 4 is 56.4 Å². The standard InChI is InChI=1S/C26H17Cl2N5O/c1-15-6-9-18(28)12-21(15)33-24-22(23-25(33)31-20-5-3-2-4-19(20)30-23)26(34)32(14-29-24)13-16-7-10-17(27)11-8-16/h2-12,14H,13H2,1H3. The fourth-order valence-electron chi connectivity index (χ4n) is 4.22. The van der Waals surface area contributed by atoms with Crippen LogP contribution in [0.4, 0.5) is 0 Å². The molecule has 0 fully saturated rings. The molecule has 8 heteroatoms. The summed E-state index contributed by atoms with van der Waals surface area (Å²) in [5, 5.41) is 1.65. The molecule has 0 spiro atoms. The lowest BCUT2D eigenvalue weighted by molar-refractivity contribution is 0.747. The molecule has 0 saturated carbocycles. The second kappa shape index (κ2) is 7.94. The molecule has 0 aliphatic carbocycles. The molecule has 0 amide bonds. The van der Waals surface area contributed by atoms with E-state index in [2.05, 4.69) is 0 Å². The molecule has 3 aromatic carbocycles. The summed E-state index contributed by atoms with van der Waals surface area (Å²) >= 11 is 12.4. The molecular weight excluding hydrogens is 469 g/mol. The predicted molar refractivity (Wildman–Crippen MR) is 136 cm³/mol. The van der Waals surface area contributed by atoms with Crippen molar-refractivity contribution in [2.75, 3.05) is 0 Å². The van der Waals surface area contributed by atoms with Gasteiger partial charge in [-0.15, -0.1) is 0 Å². The molecule has 6 rings (SSSR count). The Morgan fingerprint density at radius 1 is 0.853 bits per heavy atom. The van der Waals surface area contributed by atoms with E-state index in [-0.39, 0.29) is 5.56 Å². The molecule has 0 bridgehead atoms. The lowest BCUT2D eigenvalue weighted by atomic mass is 10.2. The maximum absolute atomic E-state index is 13.7. The molecule has 34 heavy (non-hydrogen) atoms. The van der Waals surface area contributed by atoms with Gasteiger partial charge in [0.1, 0.15) is 17.2 Å². The Bertz CT molecular complexity index is 1790. The van der Waals surface area contributed by atoms with Crippen LogP contribution in [-0.4, -0.2) is 24.1 Å². The van der Waals surface area contributed by atoms with Gasteiger partial charge in [-0.05, 0) is 54.4 Å². The van der Waals surface area contributed by atoms with Crippen molar-refractivity contribution in [1.82, 2.24) is 24.1 Å². The van der Waals surface area contributed by atoms with E-state index in [9.17, 15) is 4.79 Å². The van der Waals surface area contributed by atoms with Gasteiger partial charge in [-0.1, -0.05) is 53.5 Å². The number of para-hydroxylation sites is 2. The van der Waals surface area contributed by atoms with Crippen LogP contribution >= 0.6 is 23.2 Å². The third kappa shape index (κ3) is 3.34. The second-order valence-corrected chi connectivity index (χ2v) is 9.03. The van der Waals surface area contributed by atoms with Crippen LogP contribution < -0.4 is 5.56 Å². The van der Waals surface area contributed by atoms with Crippen LogP contribution in [0.1, 0.15) is 11.1 Å². The van der Waals surface area contributed by atoms with E-state index < -0.39 is 0 Å². The Hall–Kier alpha value is -3.74. The highest BCUT2D eigenvalue weighted by atomic mass is 35.5. The number of benzene rings is 3. The van der Waals surface area contributed by atoms with Gasteiger partial charge >= 0.3 is 0 Å². The van der Waals surface area contributed by atoms with Crippen molar-refractivity contribution in [2.45, 2.75) is 13.5 Å². The fraction of sp³-hybridized carbons (Fsp3) is 0.0769. The van der Waals surface area contributed by atoms with E-state index in [1.807, 2.05) is 66.1 Å². The Morgan fingerprint density at radius 2 is 1.56 bits per heavy atom. The summed E-state index contributed by atoms with van der Waals surface area (Å²) in [5.41, 5.74) is 5.55. The van der Waals surface area contributed by atoms with Gasteiger partial charge < -0.3 is 0 Å². The smallest absolute Gasteiger partial charge is 0.265 e. The summed E-state index contributed by atoms with van der Waals surface area (Å²) in [6.45, 7) is 2.35. The van der Waals surface area contributed by atoms with Crippen LogP contribution in [0.25, 0.3) is 38.9 Å². The lowest BCUT2D eigenvalue weighted by Gasteiger charge is -2.11. The van der Waals surface area contributed by atoms with Gasteiger partial charge in [-0.3, -0.25) is 13.9 Å². The molecule has 0 unspecified atom stereocenters. The van der Waals surface area contributed by atoms with Crippen molar-refractivity contribution in [3.05, 3.63) is 105 Å². The van der Waals surface area contributed by atoms with E-state index >= 15 is 0 Å². The number of halogens is 2. The number of nitrogens with zero attached hydrogens (tertiary/aromatic N) is 5. The van der Waals surface area contributed by atoms with Gasteiger partial charge in [0.05, 0.1) is 23.3 Å². The minimum absolute atomic E-state index is 0.187. The summed E-state index contributed by atoms with van der Waals surface area (Å²) in [5.74, 6) is 0. The van der Waals surface area contributed by atoms with Crippen molar-refractivity contribution in [3.63, 3.8) is 0 Å². The van der Waals surface area contributed by atoms with Gasteiger partial charge in [0, 0.05) is 10.0 Å². The van der Waals surface area contributed by atoms with Crippen LogP contribution in [0.5, 0.6) is 0 Å². The van der Waals surface area contributed by atoms with E-state index in [1.165, 1.54) is 0 Å². The van der Waals surface area contributed by atoms with Crippen LogP contribution in [0, 0.1) is 6.92 Å². The zero-order valence-electron chi connectivity index (χ0n) is 18.0. The Kier molecular flexibility index (Phi) is 4.86. The second-order valence-electron chi connectivity index (χ2n) is 8.15. The largest absolute Gasteiger partial charge is 0.294 e. The Labute approximate surface area is 204 Å². The average Bonchev–Trinajstić information content (AvgIpc) is 3.16. The van der Waals surface area contributed by atoms with Gasteiger partial charge in [0.2, 0.25) is 0 Å². The first kappa shape index (κ1) is 20.8. The fourth-order valence-corrected chi connectivity index (χ4v) is 4.52. The molecular formula is C26H17Cl2N5O. The van der Waals surface area contributed by atoms with Crippen LogP contribution in [0.15, 0.2) is 77.9 Å². The van der Waals surface area contributed by atoms with Crippen molar-refractivity contribution in [2.24, 2.45) is 0 Å².